The number of nitrogens with one attached hydrogen (secondary N) is 1. The van der Waals surface area contributed by atoms with Gasteiger partial charge in [0.15, 0.2) is 11.5 Å². The van der Waals surface area contributed by atoms with Gasteiger partial charge in [0.2, 0.25) is 0 Å². The highest BCUT2D eigenvalue weighted by Crippen LogP contribution is 2.39. The van der Waals surface area contributed by atoms with E-state index in [1.165, 1.54) is 7.11 Å². The summed E-state index contributed by atoms with van der Waals surface area (Å²) in [4.78, 5) is 12.2. The smallest absolute Gasteiger partial charge is 0.310 e. The minimum atomic E-state index is -0.455. The van der Waals surface area contributed by atoms with Crippen molar-refractivity contribution in [2.24, 2.45) is 5.92 Å². The third-order valence-electron chi connectivity index (χ3n) is 4.25. The lowest BCUT2D eigenvalue weighted by Gasteiger charge is -2.27. The predicted molar refractivity (Wildman–Crippen MR) is 100 cm³/mol. The Morgan fingerprint density at radius 2 is 1.62 bits per heavy atom. The molecule has 0 bridgehead atoms. The summed E-state index contributed by atoms with van der Waals surface area (Å²) < 4.78 is 21.1. The van der Waals surface area contributed by atoms with E-state index in [4.69, 9.17) is 18.9 Å². The second kappa shape index (κ2) is 8.99. The van der Waals surface area contributed by atoms with Crippen LogP contribution in [0.5, 0.6) is 17.2 Å². The fourth-order valence-corrected chi connectivity index (χ4v) is 2.82. The van der Waals surface area contributed by atoms with Crippen LogP contribution >= 0.6 is 0 Å². The van der Waals surface area contributed by atoms with Gasteiger partial charge in [-0.1, -0.05) is 12.1 Å². The Labute approximate surface area is 154 Å². The third kappa shape index (κ3) is 4.20. The number of hydrogen-bond acceptors (Lipinski definition) is 6. The molecule has 0 radical (unpaired) electrons. The second-order valence-electron chi connectivity index (χ2n) is 5.75. The maximum Gasteiger partial charge on any atom is 0.310 e. The van der Waals surface area contributed by atoms with Gasteiger partial charge in [-0.05, 0) is 37.3 Å². The van der Waals surface area contributed by atoms with Crippen molar-refractivity contribution >= 4 is 11.7 Å². The molecule has 26 heavy (non-hydrogen) atoms. The predicted octanol–water partition coefficient (Wildman–Crippen LogP) is 3.67. The minimum absolute atomic E-state index is 0.319. The summed E-state index contributed by atoms with van der Waals surface area (Å²) in [5.41, 5.74) is 1.65. The summed E-state index contributed by atoms with van der Waals surface area (Å²) in [6.07, 6.45) is 0. The van der Waals surface area contributed by atoms with Crippen molar-refractivity contribution < 1.29 is 23.7 Å². The van der Waals surface area contributed by atoms with Crippen LogP contribution in [0, 0.1) is 5.92 Å². The quantitative estimate of drug-likeness (QED) is 0.726. The van der Waals surface area contributed by atoms with E-state index in [1.54, 1.807) is 21.3 Å². The Morgan fingerprint density at radius 3 is 2.15 bits per heavy atom. The van der Waals surface area contributed by atoms with Gasteiger partial charge in [0.25, 0.3) is 0 Å². The van der Waals surface area contributed by atoms with Crippen LogP contribution in [-0.2, 0) is 9.53 Å². The molecule has 0 aromatic heterocycles. The van der Waals surface area contributed by atoms with Crippen molar-refractivity contribution in [1.29, 1.82) is 0 Å². The fraction of sp³-hybridized carbons (Fsp3) is 0.350. The van der Waals surface area contributed by atoms with Crippen molar-refractivity contribution in [2.45, 2.75) is 13.0 Å². The lowest BCUT2D eigenvalue weighted by atomic mass is 9.93. The third-order valence-corrected chi connectivity index (χ3v) is 4.25. The molecule has 2 aromatic rings. The Kier molecular flexibility index (Phi) is 6.72. The molecule has 6 nitrogen and oxygen atoms in total. The SMILES string of the molecule is COC(=O)[C@H](C)[C@H](Nc1ccc(OC)cc1)c1cccc(OC)c1OC. The summed E-state index contributed by atoms with van der Waals surface area (Å²) >= 11 is 0. The molecule has 0 amide bonds. The molecule has 0 aliphatic carbocycles. The standard InChI is InChI=1S/C20H25NO5/c1-13(20(22)26-5)18(21-14-9-11-15(23-2)12-10-14)16-7-6-8-17(24-3)19(16)25-4/h6-13,18,21H,1-5H3/t13-,18+/m1/s1. The first kappa shape index (κ1) is 19.4. The Balaban J connectivity index is 2.45. The van der Waals surface area contributed by atoms with Crippen LogP contribution in [0.1, 0.15) is 18.5 Å². The first-order valence-corrected chi connectivity index (χ1v) is 8.25. The van der Waals surface area contributed by atoms with Gasteiger partial charge in [-0.25, -0.2) is 0 Å². The number of rotatable bonds is 8. The molecule has 0 aliphatic rings. The molecular formula is C20H25NO5. The van der Waals surface area contributed by atoms with Crippen LogP contribution in [0.2, 0.25) is 0 Å². The van der Waals surface area contributed by atoms with Gasteiger partial charge in [0.05, 0.1) is 40.4 Å². The number of hydrogen-bond donors (Lipinski definition) is 1. The van der Waals surface area contributed by atoms with E-state index in [0.717, 1.165) is 17.0 Å². The van der Waals surface area contributed by atoms with E-state index in [-0.39, 0.29) is 12.0 Å². The van der Waals surface area contributed by atoms with Crippen LogP contribution in [0.4, 0.5) is 5.69 Å². The molecular weight excluding hydrogens is 334 g/mol. The van der Waals surface area contributed by atoms with Crippen LogP contribution in [0.25, 0.3) is 0 Å². The molecule has 6 heteroatoms. The zero-order chi connectivity index (χ0) is 19.1. The number of carbonyl (C=O) groups excluding carboxylic acids is 1. The van der Waals surface area contributed by atoms with Crippen LogP contribution in [0.3, 0.4) is 0 Å². The highest BCUT2D eigenvalue weighted by atomic mass is 16.5. The number of ether oxygens (including phenoxy) is 4. The van der Waals surface area contributed by atoms with E-state index < -0.39 is 5.92 Å². The summed E-state index contributed by atoms with van der Waals surface area (Å²) in [7, 11) is 6.16. The average molecular weight is 359 g/mol. The maximum absolute atomic E-state index is 12.2. The first-order chi connectivity index (χ1) is 12.5. The summed E-state index contributed by atoms with van der Waals surface area (Å²) in [6.45, 7) is 1.81. The molecule has 0 saturated heterocycles. The zero-order valence-electron chi connectivity index (χ0n) is 15.7. The molecule has 1 N–H and O–H groups in total. The molecule has 0 spiro atoms. The van der Waals surface area contributed by atoms with E-state index in [1.807, 2.05) is 49.4 Å². The van der Waals surface area contributed by atoms with Gasteiger partial charge in [0.1, 0.15) is 5.75 Å². The highest BCUT2D eigenvalue weighted by Gasteiger charge is 2.30. The zero-order valence-corrected chi connectivity index (χ0v) is 15.7. The molecule has 2 rings (SSSR count). The molecule has 2 atom stereocenters. The molecule has 0 fully saturated rings. The molecule has 0 unspecified atom stereocenters. The fourth-order valence-electron chi connectivity index (χ4n) is 2.82. The molecule has 2 aromatic carbocycles. The lowest BCUT2D eigenvalue weighted by Crippen LogP contribution is -2.27. The van der Waals surface area contributed by atoms with E-state index >= 15 is 0 Å². The van der Waals surface area contributed by atoms with Crippen LogP contribution in [0.15, 0.2) is 42.5 Å². The van der Waals surface area contributed by atoms with Gasteiger partial charge >= 0.3 is 5.97 Å². The summed E-state index contributed by atoms with van der Waals surface area (Å²) in [5, 5.41) is 3.40. The Bertz CT molecular complexity index is 729. The van der Waals surface area contributed by atoms with Crippen molar-refractivity contribution in [1.82, 2.24) is 0 Å². The molecule has 0 saturated carbocycles. The topological polar surface area (TPSA) is 66.0 Å². The van der Waals surface area contributed by atoms with Gasteiger partial charge in [-0.3, -0.25) is 4.79 Å². The van der Waals surface area contributed by atoms with Gasteiger partial charge < -0.3 is 24.3 Å². The number of esters is 1. The molecule has 140 valence electrons. The van der Waals surface area contributed by atoms with Gasteiger partial charge in [-0.15, -0.1) is 0 Å². The lowest BCUT2D eigenvalue weighted by molar-refractivity contribution is -0.145. The largest absolute Gasteiger partial charge is 0.497 e. The molecule has 0 aliphatic heterocycles. The number of methoxy groups -OCH3 is 4. The second-order valence-corrected chi connectivity index (χ2v) is 5.75. The number of para-hydroxylation sites is 1. The highest BCUT2D eigenvalue weighted by molar-refractivity contribution is 5.74. The van der Waals surface area contributed by atoms with Crippen molar-refractivity contribution in [3.05, 3.63) is 48.0 Å². The number of benzene rings is 2. The molecule has 0 heterocycles. The first-order valence-electron chi connectivity index (χ1n) is 8.25. The van der Waals surface area contributed by atoms with Gasteiger partial charge in [-0.2, -0.15) is 0 Å². The number of carbonyl (C=O) groups is 1. The normalized spacial score (nSPS) is 12.7. The van der Waals surface area contributed by atoms with Crippen molar-refractivity contribution in [3.8, 4) is 17.2 Å². The van der Waals surface area contributed by atoms with Crippen molar-refractivity contribution in [3.63, 3.8) is 0 Å². The van der Waals surface area contributed by atoms with Crippen LogP contribution in [-0.4, -0.2) is 34.4 Å². The number of anilines is 1. The van der Waals surface area contributed by atoms with Crippen molar-refractivity contribution in [2.75, 3.05) is 33.8 Å². The van der Waals surface area contributed by atoms with E-state index in [9.17, 15) is 4.79 Å². The van der Waals surface area contributed by atoms with Gasteiger partial charge in [0, 0.05) is 11.3 Å². The Morgan fingerprint density at radius 1 is 0.923 bits per heavy atom. The minimum Gasteiger partial charge on any atom is -0.497 e. The van der Waals surface area contributed by atoms with E-state index in [2.05, 4.69) is 5.32 Å². The average Bonchev–Trinajstić information content (AvgIpc) is 2.70. The summed E-state index contributed by atoms with van der Waals surface area (Å²) in [6, 6.07) is 12.7. The monoisotopic (exact) mass is 359 g/mol. The maximum atomic E-state index is 12.2. The van der Waals surface area contributed by atoms with Crippen LogP contribution < -0.4 is 19.5 Å². The van der Waals surface area contributed by atoms with E-state index in [0.29, 0.717) is 11.5 Å². The Hall–Kier alpha value is -2.89. The summed E-state index contributed by atoms with van der Waals surface area (Å²) in [5.74, 6) is 1.16.